The van der Waals surface area contributed by atoms with Gasteiger partial charge in [0.05, 0.1) is 5.75 Å². The summed E-state index contributed by atoms with van der Waals surface area (Å²) in [6, 6.07) is 15.6. The Bertz CT molecular complexity index is 952. The van der Waals surface area contributed by atoms with E-state index in [2.05, 4.69) is 21.6 Å². The predicted octanol–water partition coefficient (Wildman–Crippen LogP) is 4.79. The van der Waals surface area contributed by atoms with E-state index in [0.717, 1.165) is 28.4 Å². The van der Waals surface area contributed by atoms with Crippen LogP contribution in [0.3, 0.4) is 0 Å². The Morgan fingerprint density at radius 3 is 2.48 bits per heavy atom. The van der Waals surface area contributed by atoms with Crippen molar-refractivity contribution in [1.82, 2.24) is 14.8 Å². The number of thioether (sulfide) groups is 1. The Balaban J connectivity index is 1.65. The van der Waals surface area contributed by atoms with Crippen LogP contribution in [-0.4, -0.2) is 26.4 Å². The molecule has 3 aromatic rings. The lowest BCUT2D eigenvalue weighted by molar-refractivity contribution is -0.113. The second-order valence-electron chi connectivity index (χ2n) is 6.87. The molecular formula is C22H26N4O2S. The van der Waals surface area contributed by atoms with Gasteiger partial charge in [0.2, 0.25) is 5.91 Å². The zero-order valence-electron chi connectivity index (χ0n) is 17.2. The van der Waals surface area contributed by atoms with Crippen LogP contribution in [0, 0.1) is 13.8 Å². The molecule has 0 spiro atoms. The van der Waals surface area contributed by atoms with Crippen LogP contribution >= 0.6 is 11.8 Å². The second-order valence-corrected chi connectivity index (χ2v) is 7.81. The number of para-hydroxylation sites is 1. The van der Waals surface area contributed by atoms with Gasteiger partial charge in [0.25, 0.3) is 0 Å². The molecule has 6 nitrogen and oxygen atoms in total. The van der Waals surface area contributed by atoms with E-state index in [1.165, 1.54) is 11.8 Å². The topological polar surface area (TPSA) is 69.0 Å². The highest BCUT2D eigenvalue weighted by molar-refractivity contribution is 7.99. The van der Waals surface area contributed by atoms with Gasteiger partial charge in [0.15, 0.2) is 17.1 Å². The molecule has 0 fully saturated rings. The van der Waals surface area contributed by atoms with Crippen LogP contribution < -0.4 is 10.1 Å². The molecule has 1 aromatic heterocycles. The molecule has 1 atom stereocenters. The maximum Gasteiger partial charge on any atom is 0.234 e. The number of anilines is 1. The molecule has 0 saturated carbocycles. The molecule has 1 amide bonds. The van der Waals surface area contributed by atoms with Gasteiger partial charge in [-0.3, -0.25) is 4.79 Å². The number of aryl methyl sites for hydroxylation is 2. The first-order chi connectivity index (χ1) is 14.0. The summed E-state index contributed by atoms with van der Waals surface area (Å²) in [7, 11) is 0. The van der Waals surface area contributed by atoms with Crippen molar-refractivity contribution in [3.63, 3.8) is 0 Å². The molecule has 0 bridgehead atoms. The lowest BCUT2D eigenvalue weighted by Crippen LogP contribution is -2.15. The molecule has 3 rings (SSSR count). The third kappa shape index (κ3) is 5.60. The van der Waals surface area contributed by atoms with Gasteiger partial charge in [-0.25, -0.2) is 0 Å². The maximum atomic E-state index is 12.2. The average Bonchev–Trinajstić information content (AvgIpc) is 3.09. The van der Waals surface area contributed by atoms with Gasteiger partial charge in [-0.1, -0.05) is 36.0 Å². The van der Waals surface area contributed by atoms with Crippen molar-refractivity contribution >= 4 is 23.4 Å². The zero-order valence-corrected chi connectivity index (χ0v) is 18.0. The molecule has 2 aromatic carbocycles. The summed E-state index contributed by atoms with van der Waals surface area (Å²) in [5.74, 6) is 1.75. The quantitative estimate of drug-likeness (QED) is 0.541. The Labute approximate surface area is 175 Å². The predicted molar refractivity (Wildman–Crippen MR) is 116 cm³/mol. The number of amides is 1. The van der Waals surface area contributed by atoms with Crippen molar-refractivity contribution in [3.05, 3.63) is 65.5 Å². The van der Waals surface area contributed by atoms with Gasteiger partial charge in [0, 0.05) is 12.2 Å². The van der Waals surface area contributed by atoms with E-state index in [1.807, 2.05) is 74.7 Å². The number of benzene rings is 2. The molecule has 0 aliphatic carbocycles. The van der Waals surface area contributed by atoms with E-state index < -0.39 is 0 Å². The fourth-order valence-electron chi connectivity index (χ4n) is 3.11. The lowest BCUT2D eigenvalue weighted by atomic mass is 10.1. The minimum Gasteiger partial charge on any atom is -0.483 e. The summed E-state index contributed by atoms with van der Waals surface area (Å²) in [5.41, 5.74) is 3.10. The van der Waals surface area contributed by atoms with Crippen molar-refractivity contribution in [2.75, 3.05) is 11.1 Å². The van der Waals surface area contributed by atoms with Crippen LogP contribution in [0.1, 0.15) is 36.9 Å². The smallest absolute Gasteiger partial charge is 0.234 e. The fourth-order valence-corrected chi connectivity index (χ4v) is 3.92. The average molecular weight is 411 g/mol. The zero-order chi connectivity index (χ0) is 20.8. The number of nitrogens with zero attached hydrogens (tertiary/aromatic N) is 3. The SMILES string of the molecule is CCn1c(SCC(=O)Nc2ccccc2)nnc1C(C)Oc1cc(C)cc(C)c1. The van der Waals surface area contributed by atoms with Crippen molar-refractivity contribution in [2.45, 2.75) is 45.5 Å². The van der Waals surface area contributed by atoms with Crippen LogP contribution in [0.5, 0.6) is 5.75 Å². The van der Waals surface area contributed by atoms with E-state index in [4.69, 9.17) is 4.74 Å². The van der Waals surface area contributed by atoms with Crippen molar-refractivity contribution in [1.29, 1.82) is 0 Å². The van der Waals surface area contributed by atoms with E-state index >= 15 is 0 Å². The molecule has 29 heavy (non-hydrogen) atoms. The molecule has 152 valence electrons. The fraction of sp³-hybridized carbons (Fsp3) is 0.318. The third-order valence-corrected chi connectivity index (χ3v) is 5.29. The summed E-state index contributed by atoms with van der Waals surface area (Å²) >= 11 is 1.37. The van der Waals surface area contributed by atoms with Crippen LogP contribution in [0.4, 0.5) is 5.69 Å². The van der Waals surface area contributed by atoms with Crippen molar-refractivity contribution in [3.8, 4) is 5.75 Å². The van der Waals surface area contributed by atoms with Crippen LogP contribution in [0.2, 0.25) is 0 Å². The maximum absolute atomic E-state index is 12.2. The summed E-state index contributed by atoms with van der Waals surface area (Å²) in [6.45, 7) is 8.79. The molecule has 0 aliphatic heterocycles. The van der Waals surface area contributed by atoms with Gasteiger partial charge in [-0.05, 0) is 63.1 Å². The largest absolute Gasteiger partial charge is 0.483 e. The van der Waals surface area contributed by atoms with Crippen LogP contribution in [0.15, 0.2) is 53.7 Å². The number of rotatable bonds is 8. The van der Waals surface area contributed by atoms with E-state index in [9.17, 15) is 4.79 Å². The molecule has 1 heterocycles. The number of hydrogen-bond donors (Lipinski definition) is 1. The minimum atomic E-state index is -0.254. The first-order valence-corrected chi connectivity index (χ1v) is 10.6. The molecule has 0 saturated heterocycles. The lowest BCUT2D eigenvalue weighted by Gasteiger charge is -2.16. The summed E-state index contributed by atoms with van der Waals surface area (Å²) in [6.07, 6.45) is -0.254. The summed E-state index contributed by atoms with van der Waals surface area (Å²) in [5, 5.41) is 12.2. The molecule has 0 aliphatic rings. The van der Waals surface area contributed by atoms with Gasteiger partial charge < -0.3 is 14.6 Å². The molecular weight excluding hydrogens is 384 g/mol. The number of carbonyl (C=O) groups is 1. The number of hydrogen-bond acceptors (Lipinski definition) is 5. The minimum absolute atomic E-state index is 0.0760. The Hall–Kier alpha value is -2.80. The molecule has 0 radical (unpaired) electrons. The summed E-state index contributed by atoms with van der Waals surface area (Å²) < 4.78 is 8.10. The first-order valence-electron chi connectivity index (χ1n) is 9.62. The normalized spacial score (nSPS) is 11.9. The van der Waals surface area contributed by atoms with E-state index in [1.54, 1.807) is 0 Å². The number of ether oxygens (including phenoxy) is 1. The molecule has 1 unspecified atom stereocenters. The Morgan fingerprint density at radius 1 is 1.14 bits per heavy atom. The Kier molecular flexibility index (Phi) is 6.93. The summed E-state index contributed by atoms with van der Waals surface area (Å²) in [4.78, 5) is 12.2. The molecule has 1 N–H and O–H groups in total. The highest BCUT2D eigenvalue weighted by Gasteiger charge is 2.19. The van der Waals surface area contributed by atoms with Crippen molar-refractivity contribution < 1.29 is 9.53 Å². The first kappa shape index (κ1) is 20.9. The second kappa shape index (κ2) is 9.60. The van der Waals surface area contributed by atoms with Crippen LogP contribution in [-0.2, 0) is 11.3 Å². The standard InChI is InChI=1S/C22H26N4O2S/c1-5-26-21(17(4)28-19-12-15(2)11-16(3)13-19)24-25-22(26)29-14-20(27)23-18-9-7-6-8-10-18/h6-13,17H,5,14H2,1-4H3,(H,23,27). The van der Waals surface area contributed by atoms with Gasteiger partial charge in [0.1, 0.15) is 5.75 Å². The van der Waals surface area contributed by atoms with Crippen LogP contribution in [0.25, 0.3) is 0 Å². The van der Waals surface area contributed by atoms with Gasteiger partial charge in [-0.15, -0.1) is 10.2 Å². The highest BCUT2D eigenvalue weighted by Crippen LogP contribution is 2.26. The monoisotopic (exact) mass is 410 g/mol. The highest BCUT2D eigenvalue weighted by atomic mass is 32.2. The van der Waals surface area contributed by atoms with Gasteiger partial charge in [-0.2, -0.15) is 0 Å². The van der Waals surface area contributed by atoms with E-state index in [0.29, 0.717) is 11.7 Å². The van der Waals surface area contributed by atoms with Gasteiger partial charge >= 0.3 is 0 Å². The van der Waals surface area contributed by atoms with Crippen molar-refractivity contribution in [2.24, 2.45) is 0 Å². The molecule has 7 heteroatoms. The number of carbonyl (C=O) groups excluding carboxylic acids is 1. The van der Waals surface area contributed by atoms with E-state index in [-0.39, 0.29) is 17.8 Å². The third-order valence-electron chi connectivity index (χ3n) is 4.32. The number of aromatic nitrogens is 3. The number of nitrogens with one attached hydrogen (secondary N) is 1. The Morgan fingerprint density at radius 2 is 1.83 bits per heavy atom.